The van der Waals surface area contributed by atoms with Gasteiger partial charge < -0.3 is 9.30 Å². The van der Waals surface area contributed by atoms with E-state index in [1.807, 2.05) is 28.4 Å². The Kier molecular flexibility index (Phi) is 4.07. The molecule has 0 N–H and O–H groups in total. The van der Waals surface area contributed by atoms with Crippen molar-refractivity contribution in [2.24, 2.45) is 7.05 Å². The van der Waals surface area contributed by atoms with Gasteiger partial charge in [0, 0.05) is 19.6 Å². The maximum Gasteiger partial charge on any atom is 0.198 e. The lowest BCUT2D eigenvalue weighted by atomic mass is 10.2. The first-order valence-electron chi connectivity index (χ1n) is 7.13. The third kappa shape index (κ3) is 3.33. The number of aromatic nitrogens is 3. The number of methoxy groups -OCH3 is 1. The Morgan fingerprint density at radius 1 is 1.33 bits per heavy atom. The van der Waals surface area contributed by atoms with E-state index >= 15 is 0 Å². The Balaban J connectivity index is 1.72. The summed E-state index contributed by atoms with van der Waals surface area (Å²) in [6, 6.07) is 8.90. The van der Waals surface area contributed by atoms with E-state index in [9.17, 15) is 0 Å². The van der Waals surface area contributed by atoms with Gasteiger partial charge in [0.15, 0.2) is 4.77 Å². The second kappa shape index (κ2) is 5.99. The van der Waals surface area contributed by atoms with Crippen LogP contribution in [-0.2, 0) is 20.3 Å². The summed E-state index contributed by atoms with van der Waals surface area (Å²) >= 11 is 5.37. The summed E-state index contributed by atoms with van der Waals surface area (Å²) in [6.45, 7) is 1.66. The minimum absolute atomic E-state index is 0.649. The maximum atomic E-state index is 5.37. The number of nitrogens with zero attached hydrogens (tertiary/aromatic N) is 4. The van der Waals surface area contributed by atoms with Crippen LogP contribution in [0.1, 0.15) is 18.4 Å². The molecule has 0 radical (unpaired) electrons. The van der Waals surface area contributed by atoms with Crippen LogP contribution in [0.4, 0.5) is 0 Å². The van der Waals surface area contributed by atoms with Gasteiger partial charge in [0.05, 0.1) is 13.8 Å². The van der Waals surface area contributed by atoms with Gasteiger partial charge in [-0.2, -0.15) is 5.10 Å². The second-order valence-electron chi connectivity index (χ2n) is 5.49. The molecule has 1 aromatic heterocycles. The topological polar surface area (TPSA) is 35.2 Å². The molecule has 1 aromatic carbocycles. The van der Waals surface area contributed by atoms with Crippen LogP contribution in [0.5, 0.6) is 5.75 Å². The van der Waals surface area contributed by atoms with Crippen LogP contribution < -0.4 is 4.74 Å². The molecule has 21 heavy (non-hydrogen) atoms. The average Bonchev–Trinajstić information content (AvgIpc) is 3.30. The first-order valence-corrected chi connectivity index (χ1v) is 7.53. The molecule has 1 saturated carbocycles. The molecule has 112 valence electrons. The molecule has 1 heterocycles. The van der Waals surface area contributed by atoms with Crippen LogP contribution in [0.15, 0.2) is 30.6 Å². The average molecular weight is 304 g/mol. The highest BCUT2D eigenvalue weighted by Gasteiger charge is 2.29. The molecule has 3 rings (SSSR count). The van der Waals surface area contributed by atoms with Gasteiger partial charge in [-0.15, -0.1) is 0 Å². The summed E-state index contributed by atoms with van der Waals surface area (Å²) in [5.74, 6) is 0.892. The number of hydrogen-bond acceptors (Lipinski definition) is 4. The smallest absolute Gasteiger partial charge is 0.198 e. The summed E-state index contributed by atoms with van der Waals surface area (Å²) < 4.78 is 9.72. The second-order valence-corrected chi connectivity index (χ2v) is 5.86. The van der Waals surface area contributed by atoms with Gasteiger partial charge in [-0.3, -0.25) is 4.90 Å². The summed E-state index contributed by atoms with van der Waals surface area (Å²) in [5.41, 5.74) is 1.28. The Morgan fingerprint density at radius 2 is 2.05 bits per heavy atom. The van der Waals surface area contributed by atoms with Crippen LogP contribution in [-0.4, -0.2) is 32.4 Å². The molecule has 0 atom stereocenters. The zero-order valence-corrected chi connectivity index (χ0v) is 13.2. The van der Waals surface area contributed by atoms with Crippen LogP contribution in [0, 0.1) is 4.77 Å². The lowest BCUT2D eigenvalue weighted by Gasteiger charge is -2.21. The molecule has 0 saturated heterocycles. The maximum absolute atomic E-state index is 5.37. The first-order chi connectivity index (χ1) is 10.2. The standard InChI is InChI=1S/C15H20N4OS/c1-17-10-16-19(15(17)21)11-18(13-5-6-13)9-12-3-7-14(20-2)8-4-12/h3-4,7-8,10,13H,5-6,9,11H2,1-2H3. The van der Waals surface area contributed by atoms with Gasteiger partial charge in [-0.1, -0.05) is 12.1 Å². The van der Waals surface area contributed by atoms with Crippen molar-refractivity contribution in [2.45, 2.75) is 32.1 Å². The zero-order valence-electron chi connectivity index (χ0n) is 12.4. The van der Waals surface area contributed by atoms with E-state index in [0.29, 0.717) is 6.04 Å². The van der Waals surface area contributed by atoms with Gasteiger partial charge >= 0.3 is 0 Å². The predicted molar refractivity (Wildman–Crippen MR) is 83.6 cm³/mol. The van der Waals surface area contributed by atoms with Gasteiger partial charge in [-0.25, -0.2) is 4.68 Å². The third-order valence-electron chi connectivity index (χ3n) is 3.81. The highest BCUT2D eigenvalue weighted by atomic mass is 32.1. The van der Waals surface area contributed by atoms with Gasteiger partial charge in [-0.05, 0) is 42.8 Å². The molecule has 6 heteroatoms. The van der Waals surface area contributed by atoms with E-state index in [-0.39, 0.29) is 0 Å². The monoisotopic (exact) mass is 304 g/mol. The lowest BCUT2D eigenvalue weighted by Crippen LogP contribution is -2.29. The molecule has 1 aliphatic carbocycles. The minimum Gasteiger partial charge on any atom is -0.497 e. The Hall–Kier alpha value is -1.66. The first kappa shape index (κ1) is 14.3. The molecular formula is C15H20N4OS. The third-order valence-corrected chi connectivity index (χ3v) is 4.31. The van der Waals surface area contributed by atoms with E-state index in [0.717, 1.165) is 23.7 Å². The van der Waals surface area contributed by atoms with Crippen molar-refractivity contribution >= 4 is 12.2 Å². The van der Waals surface area contributed by atoms with Gasteiger partial charge in [0.25, 0.3) is 0 Å². The summed E-state index contributed by atoms with van der Waals surface area (Å²) in [4.78, 5) is 2.44. The largest absolute Gasteiger partial charge is 0.497 e. The van der Waals surface area contributed by atoms with E-state index in [1.165, 1.54) is 18.4 Å². The van der Waals surface area contributed by atoms with E-state index in [1.54, 1.807) is 13.4 Å². The Labute approximate surface area is 129 Å². The lowest BCUT2D eigenvalue weighted by molar-refractivity contribution is 0.186. The van der Waals surface area contributed by atoms with E-state index < -0.39 is 0 Å². The van der Waals surface area contributed by atoms with Crippen molar-refractivity contribution in [3.05, 3.63) is 40.9 Å². The fourth-order valence-corrected chi connectivity index (χ4v) is 2.54. The van der Waals surface area contributed by atoms with Crippen molar-refractivity contribution in [3.8, 4) is 5.75 Å². The fraction of sp³-hybridized carbons (Fsp3) is 0.467. The molecule has 0 spiro atoms. The van der Waals surface area contributed by atoms with Crippen LogP contribution in [0.25, 0.3) is 0 Å². The number of ether oxygens (including phenoxy) is 1. The molecular weight excluding hydrogens is 284 g/mol. The number of benzene rings is 1. The molecule has 0 bridgehead atoms. The Morgan fingerprint density at radius 3 is 2.57 bits per heavy atom. The quantitative estimate of drug-likeness (QED) is 0.768. The summed E-state index contributed by atoms with van der Waals surface area (Å²) in [7, 11) is 3.62. The predicted octanol–water partition coefficient (Wildman–Crippen LogP) is 2.58. The van der Waals surface area contributed by atoms with Crippen molar-refractivity contribution in [1.82, 2.24) is 19.2 Å². The molecule has 1 fully saturated rings. The fourth-order valence-electron chi connectivity index (χ4n) is 2.39. The summed E-state index contributed by atoms with van der Waals surface area (Å²) in [6.07, 6.45) is 4.29. The van der Waals surface area contributed by atoms with Crippen molar-refractivity contribution in [2.75, 3.05) is 7.11 Å². The van der Waals surface area contributed by atoms with Crippen LogP contribution in [0.2, 0.25) is 0 Å². The highest BCUT2D eigenvalue weighted by molar-refractivity contribution is 7.71. The molecule has 0 amide bonds. The molecule has 5 nitrogen and oxygen atoms in total. The number of hydrogen-bond donors (Lipinski definition) is 0. The zero-order chi connectivity index (χ0) is 14.8. The van der Waals surface area contributed by atoms with Gasteiger partial charge in [0.2, 0.25) is 0 Å². The Bertz CT molecular complexity index is 657. The highest BCUT2D eigenvalue weighted by Crippen LogP contribution is 2.29. The van der Waals surface area contributed by atoms with Crippen LogP contribution in [0.3, 0.4) is 0 Å². The minimum atomic E-state index is 0.649. The van der Waals surface area contributed by atoms with Crippen LogP contribution >= 0.6 is 12.2 Å². The van der Waals surface area contributed by atoms with Crippen molar-refractivity contribution < 1.29 is 4.74 Å². The molecule has 2 aromatic rings. The van der Waals surface area contributed by atoms with Gasteiger partial charge in [0.1, 0.15) is 12.1 Å². The van der Waals surface area contributed by atoms with E-state index in [2.05, 4.69) is 22.1 Å². The number of rotatable bonds is 6. The molecule has 0 unspecified atom stereocenters. The number of aryl methyl sites for hydroxylation is 1. The molecule has 1 aliphatic rings. The van der Waals surface area contributed by atoms with Crippen molar-refractivity contribution in [1.29, 1.82) is 0 Å². The molecule has 0 aliphatic heterocycles. The normalized spacial score (nSPS) is 14.6. The van der Waals surface area contributed by atoms with E-state index in [4.69, 9.17) is 17.0 Å². The SMILES string of the molecule is COc1ccc(CN(Cn2ncn(C)c2=S)C2CC2)cc1. The summed E-state index contributed by atoms with van der Waals surface area (Å²) in [5, 5.41) is 4.35. The van der Waals surface area contributed by atoms with Crippen molar-refractivity contribution in [3.63, 3.8) is 0 Å².